The minimum Gasteiger partial charge on any atom is -0.481 e. The average molecular weight is 378 g/mol. The van der Waals surface area contributed by atoms with Crippen LogP contribution < -0.4 is 10.5 Å². The fourth-order valence-electron chi connectivity index (χ4n) is 2.46. The molecule has 0 spiro atoms. The topological polar surface area (TPSA) is 109 Å². The van der Waals surface area contributed by atoms with E-state index in [-0.39, 0.29) is 28.8 Å². The summed E-state index contributed by atoms with van der Waals surface area (Å²) in [6.45, 7) is 3.66. The van der Waals surface area contributed by atoms with Gasteiger partial charge in [0.05, 0.1) is 36.4 Å². The predicted molar refractivity (Wildman–Crippen MR) is 97.6 cm³/mol. The number of methoxy groups -OCH3 is 1. The van der Waals surface area contributed by atoms with Crippen molar-refractivity contribution in [2.24, 2.45) is 0 Å². The summed E-state index contributed by atoms with van der Waals surface area (Å²) in [4.78, 5) is 16.3. The maximum absolute atomic E-state index is 13.2. The van der Waals surface area contributed by atoms with Gasteiger partial charge in [-0.15, -0.1) is 0 Å². The van der Waals surface area contributed by atoms with Crippen molar-refractivity contribution in [1.29, 1.82) is 0 Å². The first-order valence-electron chi connectivity index (χ1n) is 8.06. The number of anilines is 1. The molecule has 2 aromatic rings. The number of benzene rings is 1. The molecule has 0 fully saturated rings. The Morgan fingerprint density at radius 1 is 1.19 bits per heavy atom. The maximum atomic E-state index is 13.2. The molecule has 1 atom stereocenters. The summed E-state index contributed by atoms with van der Waals surface area (Å²) in [6.07, 6.45) is -0.394. The third-order valence-corrected chi connectivity index (χ3v) is 5.90. The number of pyridine rings is 1. The summed E-state index contributed by atoms with van der Waals surface area (Å²) in [5, 5.41) is -1.28. The number of nitrogens with two attached hydrogens (primary N) is 1. The van der Waals surface area contributed by atoms with Gasteiger partial charge in [-0.2, -0.15) is 0 Å². The second-order valence-electron chi connectivity index (χ2n) is 5.68. The summed E-state index contributed by atoms with van der Waals surface area (Å²) >= 11 is 0. The van der Waals surface area contributed by atoms with Crippen LogP contribution in [0.2, 0.25) is 0 Å². The minimum atomic E-state index is -3.93. The summed E-state index contributed by atoms with van der Waals surface area (Å²) in [6, 6.07) is 9.41. The van der Waals surface area contributed by atoms with Gasteiger partial charge in [0.25, 0.3) is 0 Å². The van der Waals surface area contributed by atoms with E-state index in [2.05, 4.69) is 4.98 Å². The van der Waals surface area contributed by atoms with Gasteiger partial charge >= 0.3 is 5.97 Å². The van der Waals surface area contributed by atoms with Crippen molar-refractivity contribution in [1.82, 2.24) is 4.98 Å². The van der Waals surface area contributed by atoms with Crippen LogP contribution in [0.1, 0.15) is 29.9 Å². The van der Waals surface area contributed by atoms with Crippen molar-refractivity contribution < 1.29 is 22.7 Å². The molecule has 0 amide bonds. The molecule has 2 N–H and O–H groups in total. The number of aryl methyl sites for hydroxylation is 1. The van der Waals surface area contributed by atoms with Gasteiger partial charge < -0.3 is 15.2 Å². The molecule has 7 nitrogen and oxygen atoms in total. The van der Waals surface area contributed by atoms with Crippen molar-refractivity contribution in [3.8, 4) is 5.88 Å². The van der Waals surface area contributed by atoms with Crippen molar-refractivity contribution in [2.45, 2.75) is 30.4 Å². The van der Waals surface area contributed by atoms with E-state index >= 15 is 0 Å². The number of hydrogen-bond acceptors (Lipinski definition) is 7. The number of carbonyl (C=O) groups excluding carboxylic acids is 1. The van der Waals surface area contributed by atoms with Gasteiger partial charge in [-0.25, -0.2) is 13.4 Å². The second-order valence-corrected chi connectivity index (χ2v) is 7.81. The Kier molecular flexibility index (Phi) is 6.20. The largest absolute Gasteiger partial charge is 0.481 e. The lowest BCUT2D eigenvalue weighted by Gasteiger charge is -2.19. The number of ether oxygens (including phenoxy) is 2. The molecular weight excluding hydrogens is 356 g/mol. The lowest BCUT2D eigenvalue weighted by Crippen LogP contribution is -2.21. The molecule has 0 saturated heterocycles. The third-order valence-electron chi connectivity index (χ3n) is 3.83. The van der Waals surface area contributed by atoms with Crippen LogP contribution in [0.4, 0.5) is 5.69 Å². The van der Waals surface area contributed by atoms with Gasteiger partial charge in [-0.05, 0) is 32.0 Å². The predicted octanol–water partition coefficient (Wildman–Crippen LogP) is 2.45. The SMILES string of the molecule is CCOC(=O)CC(c1nc(OC)ccc1N)S(=O)(=O)c1ccc(C)cc1. The van der Waals surface area contributed by atoms with Gasteiger partial charge in [-0.3, -0.25) is 4.79 Å². The van der Waals surface area contributed by atoms with Crippen LogP contribution in [-0.2, 0) is 19.4 Å². The standard InChI is InChI=1S/C18H22N2O5S/c1-4-25-17(21)11-15(18-14(19)9-10-16(20-18)24-3)26(22,23)13-7-5-12(2)6-8-13/h5-10,15H,4,11,19H2,1-3H3. The number of hydrogen-bond donors (Lipinski definition) is 1. The van der Waals surface area contributed by atoms with E-state index < -0.39 is 27.5 Å². The number of rotatable bonds is 7. The molecule has 2 rings (SSSR count). The van der Waals surface area contributed by atoms with Crippen LogP contribution in [-0.4, -0.2) is 33.1 Å². The van der Waals surface area contributed by atoms with Crippen LogP contribution in [0, 0.1) is 6.92 Å². The van der Waals surface area contributed by atoms with E-state index in [1.54, 1.807) is 19.1 Å². The lowest BCUT2D eigenvalue weighted by molar-refractivity contribution is -0.143. The highest BCUT2D eigenvalue weighted by Crippen LogP contribution is 2.35. The smallest absolute Gasteiger partial charge is 0.307 e. The third kappa shape index (κ3) is 4.32. The van der Waals surface area contributed by atoms with Crippen molar-refractivity contribution >= 4 is 21.5 Å². The number of carbonyl (C=O) groups is 1. The molecule has 140 valence electrons. The molecule has 0 aliphatic rings. The molecule has 0 aliphatic heterocycles. The van der Waals surface area contributed by atoms with Crippen LogP contribution in [0.15, 0.2) is 41.3 Å². The first kappa shape index (κ1) is 19.7. The van der Waals surface area contributed by atoms with Crippen LogP contribution in [0.25, 0.3) is 0 Å². The quantitative estimate of drug-likeness (QED) is 0.737. The van der Waals surface area contributed by atoms with E-state index in [9.17, 15) is 13.2 Å². The van der Waals surface area contributed by atoms with Gasteiger partial charge in [-0.1, -0.05) is 17.7 Å². The van der Waals surface area contributed by atoms with Crippen molar-refractivity contribution in [2.75, 3.05) is 19.5 Å². The maximum Gasteiger partial charge on any atom is 0.307 e. The average Bonchev–Trinajstić information content (AvgIpc) is 2.61. The van der Waals surface area contributed by atoms with Crippen LogP contribution >= 0.6 is 0 Å². The zero-order valence-electron chi connectivity index (χ0n) is 14.9. The van der Waals surface area contributed by atoms with E-state index in [1.165, 1.54) is 31.4 Å². The second kappa shape index (κ2) is 8.18. The highest BCUT2D eigenvalue weighted by Gasteiger charge is 2.34. The molecule has 1 aromatic heterocycles. The van der Waals surface area contributed by atoms with Crippen LogP contribution in [0.5, 0.6) is 5.88 Å². The summed E-state index contributed by atoms with van der Waals surface area (Å²) < 4.78 is 36.4. The fourth-order valence-corrected chi connectivity index (χ4v) is 4.14. The zero-order valence-corrected chi connectivity index (χ0v) is 15.7. The Balaban J connectivity index is 2.57. The highest BCUT2D eigenvalue weighted by molar-refractivity contribution is 7.91. The van der Waals surface area contributed by atoms with Crippen molar-refractivity contribution in [3.05, 3.63) is 47.7 Å². The Morgan fingerprint density at radius 2 is 1.85 bits per heavy atom. The molecule has 0 aliphatic carbocycles. The van der Waals surface area contributed by atoms with Gasteiger partial charge in [0.2, 0.25) is 5.88 Å². The van der Waals surface area contributed by atoms with Gasteiger partial charge in [0.1, 0.15) is 5.25 Å². The molecular formula is C18H22N2O5S. The minimum absolute atomic E-state index is 0.0676. The Bertz CT molecular complexity index is 879. The normalized spacial score (nSPS) is 12.4. The number of nitrogen functional groups attached to an aromatic ring is 1. The highest BCUT2D eigenvalue weighted by atomic mass is 32.2. The van der Waals surface area contributed by atoms with E-state index in [1.807, 2.05) is 6.92 Å². The Labute approximate surface area is 153 Å². The lowest BCUT2D eigenvalue weighted by atomic mass is 10.2. The Hall–Kier alpha value is -2.61. The fraction of sp³-hybridized carbons (Fsp3) is 0.333. The summed E-state index contributed by atoms with van der Waals surface area (Å²) in [5.41, 5.74) is 7.11. The number of sulfone groups is 1. The monoisotopic (exact) mass is 378 g/mol. The van der Waals surface area contributed by atoms with E-state index in [4.69, 9.17) is 15.2 Å². The number of esters is 1. The molecule has 8 heteroatoms. The first-order chi connectivity index (χ1) is 12.3. The van der Waals surface area contributed by atoms with Crippen LogP contribution in [0.3, 0.4) is 0 Å². The van der Waals surface area contributed by atoms with E-state index in [0.29, 0.717) is 0 Å². The molecule has 0 radical (unpaired) electrons. The molecule has 1 unspecified atom stereocenters. The molecule has 1 aromatic carbocycles. The Morgan fingerprint density at radius 3 is 2.42 bits per heavy atom. The zero-order chi connectivity index (χ0) is 19.3. The number of nitrogens with zero attached hydrogens (tertiary/aromatic N) is 1. The summed E-state index contributed by atoms with van der Waals surface area (Å²) in [7, 11) is -2.52. The van der Waals surface area contributed by atoms with Crippen molar-refractivity contribution in [3.63, 3.8) is 0 Å². The van der Waals surface area contributed by atoms with E-state index in [0.717, 1.165) is 5.56 Å². The molecule has 1 heterocycles. The van der Waals surface area contributed by atoms with Gasteiger partial charge in [0, 0.05) is 6.07 Å². The number of aromatic nitrogens is 1. The summed E-state index contributed by atoms with van der Waals surface area (Å²) in [5.74, 6) is -0.431. The first-order valence-corrected chi connectivity index (χ1v) is 9.60. The molecule has 0 saturated carbocycles. The molecule has 0 bridgehead atoms. The van der Waals surface area contributed by atoms with Gasteiger partial charge in [0.15, 0.2) is 9.84 Å². The molecule has 26 heavy (non-hydrogen) atoms.